The molecule has 2 atom stereocenters. The van der Waals surface area contributed by atoms with Crippen molar-refractivity contribution in [2.24, 2.45) is 5.73 Å². The maximum atomic E-state index is 12.7. The van der Waals surface area contributed by atoms with E-state index in [1.807, 2.05) is 0 Å². The predicted molar refractivity (Wildman–Crippen MR) is 297 cm³/mol. The second-order valence-electron chi connectivity index (χ2n) is 17.7. The Morgan fingerprint density at radius 2 is 0.786 bits per heavy atom. The second kappa shape index (κ2) is 54.7. The fourth-order valence-electron chi connectivity index (χ4n) is 7.03. The molecule has 0 fully saturated rings. The Morgan fingerprint density at radius 1 is 0.443 bits per heavy atom. The van der Waals surface area contributed by atoms with Gasteiger partial charge in [-0.3, -0.25) is 18.6 Å². The normalized spacial score (nSPS) is 14.1. The van der Waals surface area contributed by atoms with Gasteiger partial charge in [-0.2, -0.15) is 0 Å². The molecule has 0 aliphatic carbocycles. The quantitative estimate of drug-likeness (QED) is 0.0264. The molecule has 0 aliphatic rings. The molecule has 0 spiro atoms. The topological polar surface area (TPSA) is 134 Å². The van der Waals surface area contributed by atoms with Crippen molar-refractivity contribution in [3.63, 3.8) is 0 Å². The predicted octanol–water partition coefficient (Wildman–Crippen LogP) is 17.2. The fourth-order valence-corrected chi connectivity index (χ4v) is 7.80. The lowest BCUT2D eigenvalue weighted by atomic mass is 10.1. The third kappa shape index (κ3) is 53.8. The van der Waals surface area contributed by atoms with Crippen LogP contribution in [0.2, 0.25) is 0 Å². The molecular formula is C60H100NO8P. The Labute approximate surface area is 428 Å². The smallest absolute Gasteiger partial charge is 0.462 e. The number of nitrogens with two attached hydrogens (primary N) is 1. The number of unbranched alkanes of at least 4 members (excludes halogenated alkanes) is 17. The zero-order valence-electron chi connectivity index (χ0n) is 44.2. The van der Waals surface area contributed by atoms with E-state index in [-0.39, 0.29) is 32.6 Å². The van der Waals surface area contributed by atoms with Gasteiger partial charge in [-0.1, -0.05) is 212 Å². The number of carbonyl (C=O) groups is 2. The number of phosphoric acid groups is 1. The van der Waals surface area contributed by atoms with Crippen LogP contribution in [0.5, 0.6) is 0 Å². The molecule has 2 unspecified atom stereocenters. The van der Waals surface area contributed by atoms with Gasteiger partial charge in [-0.05, 0) is 109 Å². The summed E-state index contributed by atoms with van der Waals surface area (Å²) in [6.07, 6.45) is 75.3. The van der Waals surface area contributed by atoms with Crippen LogP contribution in [0, 0.1) is 0 Å². The molecule has 0 bridgehead atoms. The summed E-state index contributed by atoms with van der Waals surface area (Å²) in [5, 5.41) is 0. The Hall–Kier alpha value is -3.59. The second-order valence-corrected chi connectivity index (χ2v) is 19.2. The minimum absolute atomic E-state index is 0.0406. The molecule has 0 aromatic rings. The molecule has 9 nitrogen and oxygen atoms in total. The van der Waals surface area contributed by atoms with E-state index in [0.29, 0.717) is 6.42 Å². The fraction of sp³-hybridized carbons (Fsp3) is 0.633. The summed E-state index contributed by atoms with van der Waals surface area (Å²) in [5.41, 5.74) is 5.37. The van der Waals surface area contributed by atoms with Crippen LogP contribution in [0.1, 0.15) is 213 Å². The van der Waals surface area contributed by atoms with E-state index in [4.69, 9.17) is 24.3 Å². The minimum Gasteiger partial charge on any atom is -0.462 e. The van der Waals surface area contributed by atoms with Gasteiger partial charge in [0.1, 0.15) is 6.61 Å². The van der Waals surface area contributed by atoms with E-state index in [1.165, 1.54) is 70.6 Å². The number of esters is 2. The lowest BCUT2D eigenvalue weighted by Gasteiger charge is -2.19. The maximum Gasteiger partial charge on any atom is 0.472 e. The molecule has 0 rings (SSSR count). The van der Waals surface area contributed by atoms with Crippen molar-refractivity contribution < 1.29 is 37.6 Å². The summed E-state index contributed by atoms with van der Waals surface area (Å²) >= 11 is 0. The third-order valence-corrected chi connectivity index (χ3v) is 12.1. The van der Waals surface area contributed by atoms with Crippen LogP contribution in [-0.2, 0) is 32.7 Å². The molecule has 398 valence electrons. The number of ether oxygens (including phenoxy) is 2. The Morgan fingerprint density at radius 3 is 1.20 bits per heavy atom. The standard InChI is InChI=1S/C60H100NO8P/c1-3-5-7-9-11-13-15-17-19-21-23-24-25-26-27-28-29-30-31-32-33-34-35-37-39-41-43-45-47-49-51-53-60(63)69-58(57-68-70(64,65)67-55-54-61)56-66-59(62)52-50-48-46-44-42-40-38-36-22-20-18-16-14-12-10-8-6-4-2/h5,7,11,13,17,19-20,22-24,26-27,29-30,32-33,35,37,41,43,58H,3-4,6,8-10,12,14-16,18,21,25,28,31,34,36,38-40,42,44-57,61H2,1-2H3,(H,64,65)/b7-5-,13-11-,19-17-,22-20-,24-23-,27-26-,30-29-,33-32-,37-35-,43-41-. The van der Waals surface area contributed by atoms with E-state index in [0.717, 1.165) is 109 Å². The highest BCUT2D eigenvalue weighted by molar-refractivity contribution is 7.47. The van der Waals surface area contributed by atoms with Crippen molar-refractivity contribution in [3.05, 3.63) is 122 Å². The number of allylic oxidation sites excluding steroid dienone is 20. The SMILES string of the molecule is CC/C=C\C/C=C\C/C=C\C/C=C\C/C=C\C/C=C\C/C=C\C/C=C\C/C=C\CCCCCC(=O)OC(COC(=O)CCCCCCCCC/C=C\CCCCCCCCC)COP(=O)(O)OCCN. The van der Waals surface area contributed by atoms with Gasteiger partial charge in [0, 0.05) is 19.4 Å². The first-order valence-electron chi connectivity index (χ1n) is 27.5. The van der Waals surface area contributed by atoms with Gasteiger partial charge < -0.3 is 20.1 Å². The first kappa shape index (κ1) is 66.4. The molecule has 0 heterocycles. The molecule has 0 saturated carbocycles. The highest BCUT2D eigenvalue weighted by atomic mass is 31.2. The average molecular weight is 994 g/mol. The first-order chi connectivity index (χ1) is 34.3. The van der Waals surface area contributed by atoms with Crippen LogP contribution in [0.3, 0.4) is 0 Å². The Balaban J connectivity index is 4.14. The van der Waals surface area contributed by atoms with Crippen LogP contribution < -0.4 is 5.73 Å². The summed E-state index contributed by atoms with van der Waals surface area (Å²) in [6, 6.07) is 0. The zero-order chi connectivity index (χ0) is 51.0. The van der Waals surface area contributed by atoms with Crippen molar-refractivity contribution in [3.8, 4) is 0 Å². The average Bonchev–Trinajstić information content (AvgIpc) is 3.35. The summed E-state index contributed by atoms with van der Waals surface area (Å²) in [4.78, 5) is 35.1. The molecule has 0 amide bonds. The lowest BCUT2D eigenvalue weighted by Crippen LogP contribution is -2.29. The molecular weight excluding hydrogens is 894 g/mol. The van der Waals surface area contributed by atoms with E-state index in [1.54, 1.807) is 0 Å². The number of rotatable bonds is 50. The van der Waals surface area contributed by atoms with Crippen molar-refractivity contribution in [1.82, 2.24) is 0 Å². The molecule has 0 aromatic carbocycles. The Bertz CT molecular complexity index is 1550. The maximum absolute atomic E-state index is 12.7. The summed E-state index contributed by atoms with van der Waals surface area (Å²) in [7, 11) is -4.40. The van der Waals surface area contributed by atoms with Crippen molar-refractivity contribution in [2.75, 3.05) is 26.4 Å². The highest BCUT2D eigenvalue weighted by Crippen LogP contribution is 2.43. The monoisotopic (exact) mass is 994 g/mol. The van der Waals surface area contributed by atoms with Gasteiger partial charge in [0.15, 0.2) is 6.10 Å². The van der Waals surface area contributed by atoms with Crippen LogP contribution in [0.25, 0.3) is 0 Å². The highest BCUT2D eigenvalue weighted by Gasteiger charge is 2.26. The summed E-state index contributed by atoms with van der Waals surface area (Å²) < 4.78 is 32.9. The number of hydrogen-bond acceptors (Lipinski definition) is 8. The molecule has 3 N–H and O–H groups in total. The van der Waals surface area contributed by atoms with Crippen molar-refractivity contribution in [2.45, 2.75) is 219 Å². The Kier molecular flexibility index (Phi) is 51.9. The number of phosphoric ester groups is 1. The molecule has 0 radical (unpaired) electrons. The first-order valence-corrected chi connectivity index (χ1v) is 29.0. The third-order valence-electron chi connectivity index (χ3n) is 11.1. The molecule has 0 aliphatic heterocycles. The van der Waals surface area contributed by atoms with E-state index in [2.05, 4.69) is 135 Å². The molecule has 10 heteroatoms. The van der Waals surface area contributed by atoms with E-state index in [9.17, 15) is 19.0 Å². The van der Waals surface area contributed by atoms with Gasteiger partial charge >= 0.3 is 19.8 Å². The molecule has 0 aromatic heterocycles. The van der Waals surface area contributed by atoms with Crippen LogP contribution >= 0.6 is 7.82 Å². The summed E-state index contributed by atoms with van der Waals surface area (Å²) in [6.45, 7) is 3.57. The van der Waals surface area contributed by atoms with Crippen LogP contribution in [0.4, 0.5) is 0 Å². The lowest BCUT2D eigenvalue weighted by molar-refractivity contribution is -0.161. The largest absolute Gasteiger partial charge is 0.472 e. The van der Waals surface area contributed by atoms with Gasteiger partial charge in [-0.15, -0.1) is 0 Å². The number of hydrogen-bond donors (Lipinski definition) is 2. The van der Waals surface area contributed by atoms with E-state index >= 15 is 0 Å². The molecule has 0 saturated heterocycles. The van der Waals surface area contributed by atoms with Crippen molar-refractivity contribution >= 4 is 19.8 Å². The van der Waals surface area contributed by atoms with Crippen LogP contribution in [0.15, 0.2) is 122 Å². The van der Waals surface area contributed by atoms with Gasteiger partial charge in [0.2, 0.25) is 0 Å². The van der Waals surface area contributed by atoms with E-state index < -0.39 is 32.5 Å². The number of carbonyl (C=O) groups excluding carboxylic acids is 2. The van der Waals surface area contributed by atoms with Gasteiger partial charge in [0.05, 0.1) is 13.2 Å². The molecule has 70 heavy (non-hydrogen) atoms. The van der Waals surface area contributed by atoms with Gasteiger partial charge in [-0.25, -0.2) is 4.57 Å². The summed E-state index contributed by atoms with van der Waals surface area (Å²) in [5.74, 6) is -0.879. The minimum atomic E-state index is -4.40. The van der Waals surface area contributed by atoms with Crippen molar-refractivity contribution in [1.29, 1.82) is 0 Å². The zero-order valence-corrected chi connectivity index (χ0v) is 45.1. The van der Waals surface area contributed by atoms with Gasteiger partial charge in [0.25, 0.3) is 0 Å². The van der Waals surface area contributed by atoms with Crippen LogP contribution in [-0.4, -0.2) is 49.3 Å².